The van der Waals surface area contributed by atoms with Crippen LogP contribution in [0.4, 0.5) is 5.69 Å². The highest BCUT2D eigenvalue weighted by Crippen LogP contribution is 2.24. The van der Waals surface area contributed by atoms with Crippen molar-refractivity contribution in [3.05, 3.63) is 76.9 Å². The molecule has 0 atom stereocenters. The molecular formula is C19H13BrN2O. The van der Waals surface area contributed by atoms with Crippen LogP contribution in [0.5, 0.6) is 0 Å². The maximum atomic E-state index is 12.6. The van der Waals surface area contributed by atoms with Crippen molar-refractivity contribution in [2.24, 2.45) is 0 Å². The molecule has 0 bridgehead atoms. The molecule has 1 heterocycles. The average Bonchev–Trinajstić information content (AvgIpc) is 3.04. The molecule has 4 heteroatoms. The summed E-state index contributed by atoms with van der Waals surface area (Å²) >= 11 is 3.46. The lowest BCUT2D eigenvalue weighted by atomic mass is 10.1. The quantitative estimate of drug-likeness (QED) is 0.495. The molecule has 0 aliphatic carbocycles. The molecule has 3 aromatic carbocycles. The SMILES string of the molecule is O=C(Nc1cccc2cc[nH]c12)c1ccc2cc(Br)ccc2c1. The van der Waals surface area contributed by atoms with Crippen molar-refractivity contribution < 1.29 is 4.79 Å². The van der Waals surface area contributed by atoms with Crippen LogP contribution in [0.3, 0.4) is 0 Å². The number of aromatic amines is 1. The maximum absolute atomic E-state index is 12.6. The number of anilines is 1. The predicted octanol–water partition coefficient (Wildman–Crippen LogP) is 5.34. The number of fused-ring (bicyclic) bond motifs is 2. The Balaban J connectivity index is 1.69. The molecule has 4 rings (SSSR count). The Labute approximate surface area is 141 Å². The minimum atomic E-state index is -0.114. The number of benzene rings is 3. The summed E-state index contributed by atoms with van der Waals surface area (Å²) in [5.41, 5.74) is 2.36. The molecule has 23 heavy (non-hydrogen) atoms. The molecule has 3 nitrogen and oxygen atoms in total. The van der Waals surface area contributed by atoms with Gasteiger partial charge in [0.15, 0.2) is 0 Å². The van der Waals surface area contributed by atoms with Gasteiger partial charge in [0.2, 0.25) is 0 Å². The molecule has 2 N–H and O–H groups in total. The van der Waals surface area contributed by atoms with E-state index < -0.39 is 0 Å². The van der Waals surface area contributed by atoms with Crippen LogP contribution in [0.1, 0.15) is 10.4 Å². The third-order valence-corrected chi connectivity index (χ3v) is 4.39. The van der Waals surface area contributed by atoms with E-state index in [1.807, 2.05) is 66.9 Å². The summed E-state index contributed by atoms with van der Waals surface area (Å²) < 4.78 is 1.03. The van der Waals surface area contributed by atoms with Crippen LogP contribution in [0.15, 0.2) is 71.3 Å². The zero-order chi connectivity index (χ0) is 15.8. The van der Waals surface area contributed by atoms with Gasteiger partial charge in [-0.05, 0) is 47.2 Å². The molecule has 0 radical (unpaired) electrons. The van der Waals surface area contributed by atoms with E-state index in [2.05, 4.69) is 26.2 Å². The fourth-order valence-corrected chi connectivity index (χ4v) is 3.12. The van der Waals surface area contributed by atoms with Gasteiger partial charge in [-0.25, -0.2) is 0 Å². The van der Waals surface area contributed by atoms with Gasteiger partial charge in [-0.2, -0.15) is 0 Å². The Kier molecular flexibility index (Phi) is 3.39. The summed E-state index contributed by atoms with van der Waals surface area (Å²) in [5, 5.41) is 6.20. The summed E-state index contributed by atoms with van der Waals surface area (Å²) in [4.78, 5) is 15.7. The highest BCUT2D eigenvalue weighted by molar-refractivity contribution is 9.10. The van der Waals surface area contributed by atoms with E-state index in [9.17, 15) is 4.79 Å². The lowest BCUT2D eigenvalue weighted by Gasteiger charge is -2.08. The number of hydrogen-bond acceptors (Lipinski definition) is 1. The Morgan fingerprint density at radius 1 is 0.913 bits per heavy atom. The summed E-state index contributed by atoms with van der Waals surface area (Å²) in [6.45, 7) is 0. The van der Waals surface area contributed by atoms with E-state index in [0.29, 0.717) is 5.56 Å². The molecule has 1 amide bonds. The summed E-state index contributed by atoms with van der Waals surface area (Å²) in [5.74, 6) is -0.114. The fraction of sp³-hybridized carbons (Fsp3) is 0. The monoisotopic (exact) mass is 364 g/mol. The fourth-order valence-electron chi connectivity index (χ4n) is 2.74. The molecule has 0 fully saturated rings. The topological polar surface area (TPSA) is 44.9 Å². The molecular weight excluding hydrogens is 352 g/mol. The minimum absolute atomic E-state index is 0.114. The van der Waals surface area contributed by atoms with E-state index in [1.165, 1.54) is 0 Å². The molecule has 4 aromatic rings. The first kappa shape index (κ1) is 14.0. The number of H-pyrrole nitrogens is 1. The summed E-state index contributed by atoms with van der Waals surface area (Å²) in [6.07, 6.45) is 1.87. The van der Waals surface area contributed by atoms with Gasteiger partial charge in [-0.3, -0.25) is 4.79 Å². The van der Waals surface area contributed by atoms with Crippen molar-refractivity contribution >= 4 is 49.2 Å². The molecule has 1 aromatic heterocycles. The Hall–Kier alpha value is -2.59. The Morgan fingerprint density at radius 3 is 2.65 bits per heavy atom. The van der Waals surface area contributed by atoms with Crippen LogP contribution in [-0.4, -0.2) is 10.9 Å². The van der Waals surface area contributed by atoms with Crippen LogP contribution in [0, 0.1) is 0 Å². The Bertz CT molecular complexity index is 1040. The second kappa shape index (κ2) is 5.56. The highest BCUT2D eigenvalue weighted by atomic mass is 79.9. The number of hydrogen-bond donors (Lipinski definition) is 2. The first-order valence-electron chi connectivity index (χ1n) is 7.27. The van der Waals surface area contributed by atoms with Gasteiger partial charge in [0, 0.05) is 21.6 Å². The van der Waals surface area contributed by atoms with E-state index >= 15 is 0 Å². The normalized spacial score (nSPS) is 11.0. The minimum Gasteiger partial charge on any atom is -0.359 e. The van der Waals surface area contributed by atoms with Crippen LogP contribution in [0.2, 0.25) is 0 Å². The third-order valence-electron chi connectivity index (χ3n) is 3.90. The van der Waals surface area contributed by atoms with E-state index in [0.717, 1.165) is 31.8 Å². The van der Waals surface area contributed by atoms with Crippen molar-refractivity contribution in [1.82, 2.24) is 4.98 Å². The lowest BCUT2D eigenvalue weighted by molar-refractivity contribution is 0.102. The molecule has 112 valence electrons. The Morgan fingerprint density at radius 2 is 1.74 bits per heavy atom. The van der Waals surface area contributed by atoms with Crippen molar-refractivity contribution in [3.8, 4) is 0 Å². The molecule has 0 aliphatic rings. The van der Waals surface area contributed by atoms with Gasteiger partial charge in [0.05, 0.1) is 11.2 Å². The molecule has 0 unspecified atom stereocenters. The zero-order valence-electron chi connectivity index (χ0n) is 12.1. The van der Waals surface area contributed by atoms with Crippen LogP contribution in [-0.2, 0) is 0 Å². The standard InChI is InChI=1S/C19H13BrN2O/c20-16-7-6-13-10-15(5-4-14(13)11-16)19(23)22-17-3-1-2-12-8-9-21-18(12)17/h1-11,21H,(H,22,23). The van der Waals surface area contributed by atoms with Gasteiger partial charge in [-0.1, -0.05) is 40.2 Å². The number of para-hydroxylation sites is 1. The number of halogens is 1. The zero-order valence-corrected chi connectivity index (χ0v) is 13.7. The van der Waals surface area contributed by atoms with E-state index in [4.69, 9.17) is 0 Å². The second-order valence-corrected chi connectivity index (χ2v) is 6.32. The number of amides is 1. The van der Waals surface area contributed by atoms with Crippen molar-refractivity contribution in [1.29, 1.82) is 0 Å². The smallest absolute Gasteiger partial charge is 0.255 e. The number of carbonyl (C=O) groups is 1. The van der Waals surface area contributed by atoms with Gasteiger partial charge in [0.25, 0.3) is 5.91 Å². The maximum Gasteiger partial charge on any atom is 0.255 e. The average molecular weight is 365 g/mol. The van der Waals surface area contributed by atoms with Gasteiger partial charge < -0.3 is 10.3 Å². The van der Waals surface area contributed by atoms with Crippen molar-refractivity contribution in [2.75, 3.05) is 5.32 Å². The lowest BCUT2D eigenvalue weighted by Crippen LogP contribution is -2.12. The predicted molar refractivity (Wildman–Crippen MR) is 97.9 cm³/mol. The van der Waals surface area contributed by atoms with Gasteiger partial charge >= 0.3 is 0 Å². The van der Waals surface area contributed by atoms with Crippen molar-refractivity contribution in [2.45, 2.75) is 0 Å². The molecule has 0 saturated heterocycles. The number of carbonyl (C=O) groups excluding carboxylic acids is 1. The highest BCUT2D eigenvalue weighted by Gasteiger charge is 2.09. The van der Waals surface area contributed by atoms with Crippen LogP contribution >= 0.6 is 15.9 Å². The second-order valence-electron chi connectivity index (χ2n) is 5.41. The van der Waals surface area contributed by atoms with Crippen molar-refractivity contribution in [3.63, 3.8) is 0 Å². The molecule has 0 spiro atoms. The molecule has 0 aliphatic heterocycles. The van der Waals surface area contributed by atoms with Gasteiger partial charge in [0.1, 0.15) is 0 Å². The van der Waals surface area contributed by atoms with E-state index in [-0.39, 0.29) is 5.91 Å². The number of aromatic nitrogens is 1. The van der Waals surface area contributed by atoms with Crippen LogP contribution in [0.25, 0.3) is 21.7 Å². The third kappa shape index (κ3) is 2.62. The van der Waals surface area contributed by atoms with Crippen LogP contribution < -0.4 is 5.32 Å². The first-order valence-corrected chi connectivity index (χ1v) is 8.07. The largest absolute Gasteiger partial charge is 0.359 e. The number of rotatable bonds is 2. The first-order chi connectivity index (χ1) is 11.2. The summed E-state index contributed by atoms with van der Waals surface area (Å²) in [6, 6.07) is 19.6. The summed E-state index contributed by atoms with van der Waals surface area (Å²) in [7, 11) is 0. The molecule has 0 saturated carbocycles. The van der Waals surface area contributed by atoms with Gasteiger partial charge in [-0.15, -0.1) is 0 Å². The van der Waals surface area contributed by atoms with E-state index in [1.54, 1.807) is 0 Å². The number of nitrogens with one attached hydrogen (secondary N) is 2.